The van der Waals surface area contributed by atoms with E-state index in [0.29, 0.717) is 6.42 Å². The van der Waals surface area contributed by atoms with Crippen LogP contribution >= 0.6 is 0 Å². The molecule has 2 aromatic carbocycles. The first-order valence-corrected chi connectivity index (χ1v) is 6.80. The minimum absolute atomic E-state index is 0.635. The lowest BCUT2D eigenvalue weighted by Crippen LogP contribution is -1.98. The molecule has 0 spiro atoms. The summed E-state index contributed by atoms with van der Waals surface area (Å²) < 4.78 is 0. The maximum Gasteiger partial charge on any atom is 0.0890 e. The molecule has 0 fully saturated rings. The molecule has 4 rings (SSSR count). The highest BCUT2D eigenvalue weighted by Crippen LogP contribution is 2.13. The first kappa shape index (κ1) is 11.9. The van der Waals surface area contributed by atoms with Crippen LogP contribution in [0.3, 0.4) is 0 Å². The molecule has 0 bridgehead atoms. The molecule has 0 saturated carbocycles. The summed E-state index contributed by atoms with van der Waals surface area (Å²) in [4.78, 5) is 18.1. The van der Waals surface area contributed by atoms with Crippen molar-refractivity contribution in [3.8, 4) is 0 Å². The molecule has 4 aromatic rings. The van der Waals surface area contributed by atoms with Crippen molar-refractivity contribution in [3.05, 3.63) is 72.3 Å². The summed E-state index contributed by atoms with van der Waals surface area (Å²) in [5, 5.41) is 0. The molecule has 2 heterocycles. The molecule has 0 aliphatic heterocycles. The Kier molecular flexibility index (Phi) is 2.78. The van der Waals surface area contributed by atoms with Crippen LogP contribution in [-0.4, -0.2) is 19.9 Å². The van der Waals surface area contributed by atoms with Crippen LogP contribution in [0.25, 0.3) is 22.1 Å². The molecule has 0 aliphatic rings. The smallest absolute Gasteiger partial charge is 0.0890 e. The van der Waals surface area contributed by atoms with Crippen molar-refractivity contribution in [1.29, 1.82) is 0 Å². The summed E-state index contributed by atoms with van der Waals surface area (Å²) in [6.45, 7) is 0. The number of hydrogen-bond donors (Lipinski definition) is 0. The van der Waals surface area contributed by atoms with Crippen LogP contribution in [-0.2, 0) is 6.42 Å². The number of aromatic nitrogens is 4. The predicted molar refractivity (Wildman–Crippen MR) is 81.9 cm³/mol. The lowest BCUT2D eigenvalue weighted by molar-refractivity contribution is 1.01. The maximum absolute atomic E-state index is 4.62. The van der Waals surface area contributed by atoms with E-state index in [2.05, 4.69) is 19.9 Å². The third-order valence-corrected chi connectivity index (χ3v) is 3.36. The molecule has 0 unspecified atom stereocenters. The molecule has 0 aliphatic carbocycles. The van der Waals surface area contributed by atoms with Crippen molar-refractivity contribution in [3.63, 3.8) is 0 Å². The summed E-state index contributed by atoms with van der Waals surface area (Å²) in [5.41, 5.74) is 5.43. The van der Waals surface area contributed by atoms with Crippen LogP contribution < -0.4 is 0 Å². The fourth-order valence-corrected chi connectivity index (χ4v) is 2.35. The average Bonchev–Trinajstić information content (AvgIpc) is 2.55. The third-order valence-electron chi connectivity index (χ3n) is 3.36. The van der Waals surface area contributed by atoms with E-state index in [0.717, 1.165) is 33.5 Å². The van der Waals surface area contributed by atoms with E-state index in [-0.39, 0.29) is 0 Å². The fourth-order valence-electron chi connectivity index (χ4n) is 2.35. The largest absolute Gasteiger partial charge is 0.253 e. The van der Waals surface area contributed by atoms with Crippen LogP contribution in [0, 0.1) is 0 Å². The van der Waals surface area contributed by atoms with Gasteiger partial charge in [0.15, 0.2) is 0 Å². The molecule has 100 valence electrons. The summed E-state index contributed by atoms with van der Waals surface area (Å²) in [7, 11) is 0. The first-order chi connectivity index (χ1) is 10.4. The topological polar surface area (TPSA) is 51.6 Å². The molecule has 0 atom stereocenters. The molecule has 4 nitrogen and oxygen atoms in total. The first-order valence-electron chi connectivity index (χ1n) is 6.80. The number of nitrogens with zero attached hydrogens (tertiary/aromatic N) is 4. The van der Waals surface area contributed by atoms with Gasteiger partial charge in [-0.25, -0.2) is 9.97 Å². The van der Waals surface area contributed by atoms with Gasteiger partial charge in [-0.15, -0.1) is 0 Å². The lowest BCUT2D eigenvalue weighted by atomic mass is 10.2. The molecule has 2 aromatic heterocycles. The Hall–Kier alpha value is -2.88. The second kappa shape index (κ2) is 4.90. The normalized spacial score (nSPS) is 11.0. The predicted octanol–water partition coefficient (Wildman–Crippen LogP) is 3.16. The zero-order valence-electron chi connectivity index (χ0n) is 11.3. The Balaban J connectivity index is 1.71. The maximum atomic E-state index is 4.62. The summed E-state index contributed by atoms with van der Waals surface area (Å²) in [5.74, 6) is 0. The number of fused-ring (bicyclic) bond motifs is 2. The fraction of sp³-hybridized carbons (Fsp3) is 0.0588. The van der Waals surface area contributed by atoms with E-state index in [4.69, 9.17) is 0 Å². The second-order valence-corrected chi connectivity index (χ2v) is 4.88. The standard InChI is InChI=1S/C17H12N4/c1-3-7-16-14(5-1)18-10-12(20-16)9-13-11-19-15-6-2-4-8-17(15)21-13/h1-8,10-11H,9H2. The lowest BCUT2D eigenvalue weighted by Gasteiger charge is -2.03. The van der Waals surface area contributed by atoms with Crippen molar-refractivity contribution in [2.24, 2.45) is 0 Å². The Morgan fingerprint density at radius 1 is 0.571 bits per heavy atom. The van der Waals surface area contributed by atoms with Crippen LogP contribution in [0.2, 0.25) is 0 Å². The Labute approximate surface area is 121 Å². The van der Waals surface area contributed by atoms with Gasteiger partial charge in [0.2, 0.25) is 0 Å². The van der Waals surface area contributed by atoms with Crippen LogP contribution in [0.5, 0.6) is 0 Å². The van der Waals surface area contributed by atoms with E-state index in [1.54, 1.807) is 12.4 Å². The zero-order valence-corrected chi connectivity index (χ0v) is 11.3. The van der Waals surface area contributed by atoms with E-state index >= 15 is 0 Å². The Morgan fingerprint density at radius 2 is 1.00 bits per heavy atom. The molecular weight excluding hydrogens is 260 g/mol. The molecule has 0 N–H and O–H groups in total. The molecule has 4 heteroatoms. The van der Waals surface area contributed by atoms with Crippen molar-refractivity contribution >= 4 is 22.1 Å². The highest BCUT2D eigenvalue weighted by atomic mass is 14.8. The average molecular weight is 272 g/mol. The van der Waals surface area contributed by atoms with Gasteiger partial charge in [0, 0.05) is 18.8 Å². The van der Waals surface area contributed by atoms with E-state index in [9.17, 15) is 0 Å². The van der Waals surface area contributed by atoms with Crippen molar-refractivity contribution in [1.82, 2.24) is 19.9 Å². The molecule has 0 amide bonds. The molecule has 21 heavy (non-hydrogen) atoms. The van der Waals surface area contributed by atoms with Gasteiger partial charge in [-0.1, -0.05) is 24.3 Å². The number of para-hydroxylation sites is 4. The highest BCUT2D eigenvalue weighted by molar-refractivity contribution is 5.74. The Bertz CT molecular complexity index is 856. The number of hydrogen-bond acceptors (Lipinski definition) is 4. The molecule has 0 saturated heterocycles. The van der Waals surface area contributed by atoms with E-state index < -0.39 is 0 Å². The quantitative estimate of drug-likeness (QED) is 0.562. The van der Waals surface area contributed by atoms with Gasteiger partial charge in [-0.3, -0.25) is 9.97 Å². The van der Waals surface area contributed by atoms with E-state index in [1.165, 1.54) is 0 Å². The van der Waals surface area contributed by atoms with Gasteiger partial charge < -0.3 is 0 Å². The zero-order chi connectivity index (χ0) is 14.1. The minimum atomic E-state index is 0.635. The SMILES string of the molecule is c1ccc2nc(Cc3cnc4ccccc4n3)cnc2c1. The molecule has 0 radical (unpaired) electrons. The summed E-state index contributed by atoms with van der Waals surface area (Å²) >= 11 is 0. The van der Waals surface area contributed by atoms with Crippen molar-refractivity contribution in [2.75, 3.05) is 0 Å². The van der Waals surface area contributed by atoms with Crippen LogP contribution in [0.1, 0.15) is 11.4 Å². The van der Waals surface area contributed by atoms with Gasteiger partial charge in [-0.05, 0) is 24.3 Å². The van der Waals surface area contributed by atoms with Gasteiger partial charge in [0.05, 0.1) is 33.5 Å². The van der Waals surface area contributed by atoms with Gasteiger partial charge in [0.25, 0.3) is 0 Å². The van der Waals surface area contributed by atoms with E-state index in [1.807, 2.05) is 48.5 Å². The van der Waals surface area contributed by atoms with Crippen molar-refractivity contribution in [2.45, 2.75) is 6.42 Å². The number of rotatable bonds is 2. The minimum Gasteiger partial charge on any atom is -0.253 e. The third kappa shape index (κ3) is 2.31. The second-order valence-electron chi connectivity index (χ2n) is 4.88. The van der Waals surface area contributed by atoms with Gasteiger partial charge in [0.1, 0.15) is 0 Å². The van der Waals surface area contributed by atoms with Crippen LogP contribution in [0.15, 0.2) is 60.9 Å². The Morgan fingerprint density at radius 3 is 1.48 bits per heavy atom. The number of benzene rings is 2. The van der Waals surface area contributed by atoms with Crippen LogP contribution in [0.4, 0.5) is 0 Å². The summed E-state index contributed by atoms with van der Waals surface area (Å²) in [6.07, 6.45) is 4.24. The monoisotopic (exact) mass is 272 g/mol. The van der Waals surface area contributed by atoms with Gasteiger partial charge >= 0.3 is 0 Å². The highest BCUT2D eigenvalue weighted by Gasteiger charge is 2.04. The molecular formula is C17H12N4. The summed E-state index contributed by atoms with van der Waals surface area (Å²) in [6, 6.07) is 15.7. The van der Waals surface area contributed by atoms with Crippen molar-refractivity contribution < 1.29 is 0 Å². The van der Waals surface area contributed by atoms with Gasteiger partial charge in [-0.2, -0.15) is 0 Å².